The molecule has 2 bridgehead atoms. The van der Waals surface area contributed by atoms with Gasteiger partial charge >= 0.3 is 0 Å². The third-order valence-corrected chi connectivity index (χ3v) is 11.6. The number of nitrogens with one attached hydrogen (secondary N) is 1. The third kappa shape index (κ3) is 5.72. The Morgan fingerprint density at radius 1 is 1.18 bits per heavy atom. The van der Waals surface area contributed by atoms with Gasteiger partial charge in [0, 0.05) is 44.1 Å². The van der Waals surface area contributed by atoms with Gasteiger partial charge in [0.15, 0.2) is 0 Å². The molecule has 2 aliphatic carbocycles. The van der Waals surface area contributed by atoms with E-state index >= 15 is 0 Å². The van der Waals surface area contributed by atoms with Gasteiger partial charge in [0.05, 0.1) is 23.3 Å². The molecule has 44 heavy (non-hydrogen) atoms. The van der Waals surface area contributed by atoms with Crippen LogP contribution in [-0.4, -0.2) is 70.6 Å². The van der Waals surface area contributed by atoms with Gasteiger partial charge in [-0.05, 0) is 92.3 Å². The van der Waals surface area contributed by atoms with E-state index in [0.29, 0.717) is 37.1 Å². The summed E-state index contributed by atoms with van der Waals surface area (Å²) in [5, 5.41) is 0.720. The van der Waals surface area contributed by atoms with E-state index < -0.39 is 22.0 Å². The number of carbonyl (C=O) groups excluding carboxylic acids is 2. The van der Waals surface area contributed by atoms with Crippen LogP contribution in [0.1, 0.15) is 50.7 Å². The molecule has 1 spiro atoms. The summed E-state index contributed by atoms with van der Waals surface area (Å²) in [7, 11) is -2.54. The predicted molar refractivity (Wildman–Crippen MR) is 169 cm³/mol. The van der Waals surface area contributed by atoms with E-state index in [2.05, 4.69) is 21.8 Å². The van der Waals surface area contributed by atoms with Gasteiger partial charge in [0.1, 0.15) is 11.8 Å². The number of amides is 2. The fraction of sp³-hybridized carbons (Fsp3) is 0.515. The van der Waals surface area contributed by atoms with E-state index in [9.17, 15) is 18.0 Å². The van der Waals surface area contributed by atoms with Crippen LogP contribution in [0.3, 0.4) is 0 Å². The monoisotopic (exact) mass is 641 g/mol. The Kier molecular flexibility index (Phi) is 8.45. The zero-order valence-corrected chi connectivity index (χ0v) is 27.0. The minimum Gasteiger partial charge on any atom is -0.490 e. The standard InChI is InChI=1S/C33H40ClN3O6S/c1-21-32(39)35-44(40,41)26-10-13-31-29(17-26)36(18-24-8-11-27(24)30(42-3)7-5-15-37(21)22(2)38)19-33(20-43-31)14-4-6-23-16-25(34)9-12-28(23)33/h5,7,9-10,12-13,16-17,21,24,27,30H,4,6,8,11,14-15,18-20H2,1-3H3,(H,35,39)/t21-,24+,27-,30-,33+/m1/s1. The largest absolute Gasteiger partial charge is 0.490 e. The SMILES string of the molecule is CO[C@@H]1C=CCN(C(C)=O)[C@H](C)C(=O)NS(=O)(=O)c2ccc3c(c2)N(C[C@@H]2CC[C@H]21)C[C@@]1(CCCc2cc(Cl)ccc21)CO3. The maximum atomic E-state index is 13.6. The van der Waals surface area contributed by atoms with Crippen molar-refractivity contribution in [3.63, 3.8) is 0 Å². The molecule has 2 amide bonds. The molecule has 236 valence electrons. The van der Waals surface area contributed by atoms with Crippen LogP contribution in [0.4, 0.5) is 5.69 Å². The molecule has 2 heterocycles. The highest BCUT2D eigenvalue weighted by Gasteiger charge is 2.44. The van der Waals surface area contributed by atoms with Crippen molar-refractivity contribution in [2.75, 3.05) is 38.3 Å². The van der Waals surface area contributed by atoms with Crippen LogP contribution < -0.4 is 14.4 Å². The first-order chi connectivity index (χ1) is 21.0. The lowest BCUT2D eigenvalue weighted by molar-refractivity contribution is -0.136. The number of anilines is 1. The Balaban J connectivity index is 1.44. The number of carbonyl (C=O) groups is 2. The van der Waals surface area contributed by atoms with Gasteiger partial charge in [-0.25, -0.2) is 13.1 Å². The Bertz CT molecular complexity index is 1600. The van der Waals surface area contributed by atoms with Gasteiger partial charge in [0.2, 0.25) is 5.91 Å². The molecule has 2 aromatic rings. The first-order valence-corrected chi connectivity index (χ1v) is 17.2. The first kappa shape index (κ1) is 30.9. The van der Waals surface area contributed by atoms with Crippen LogP contribution in [0.25, 0.3) is 0 Å². The van der Waals surface area contributed by atoms with Crippen LogP contribution in [0, 0.1) is 11.8 Å². The number of nitrogens with zero attached hydrogens (tertiary/aromatic N) is 2. The van der Waals surface area contributed by atoms with Gasteiger partial charge < -0.3 is 19.3 Å². The lowest BCUT2D eigenvalue weighted by atomic mass is 9.68. The summed E-state index contributed by atoms with van der Waals surface area (Å²) in [5.74, 6) is 0.0665. The van der Waals surface area contributed by atoms with Crippen molar-refractivity contribution in [1.29, 1.82) is 0 Å². The van der Waals surface area contributed by atoms with Crippen molar-refractivity contribution in [1.82, 2.24) is 9.62 Å². The van der Waals surface area contributed by atoms with Crippen LogP contribution in [0.15, 0.2) is 53.4 Å². The van der Waals surface area contributed by atoms with E-state index in [1.165, 1.54) is 35.9 Å². The minimum absolute atomic E-state index is 0.0292. The van der Waals surface area contributed by atoms with E-state index in [4.69, 9.17) is 21.1 Å². The maximum absolute atomic E-state index is 13.6. The van der Waals surface area contributed by atoms with Crippen molar-refractivity contribution >= 4 is 39.1 Å². The van der Waals surface area contributed by atoms with Crippen LogP contribution in [0.5, 0.6) is 5.75 Å². The summed E-state index contributed by atoms with van der Waals surface area (Å²) in [4.78, 5) is 29.2. The summed E-state index contributed by atoms with van der Waals surface area (Å²) in [5.41, 5.74) is 2.87. The van der Waals surface area contributed by atoms with Crippen LogP contribution >= 0.6 is 11.6 Å². The molecule has 11 heteroatoms. The number of methoxy groups -OCH3 is 1. The Hall–Kier alpha value is -3.08. The molecule has 6 rings (SSSR count). The van der Waals surface area contributed by atoms with Crippen LogP contribution in [-0.2, 0) is 36.2 Å². The molecule has 0 unspecified atom stereocenters. The van der Waals surface area contributed by atoms with Crippen molar-refractivity contribution in [2.24, 2.45) is 11.8 Å². The molecule has 0 aromatic heterocycles. The molecule has 5 atom stereocenters. The highest BCUT2D eigenvalue weighted by Crippen LogP contribution is 2.47. The van der Waals surface area contributed by atoms with E-state index in [1.807, 2.05) is 18.2 Å². The molecule has 1 saturated carbocycles. The second-order valence-corrected chi connectivity index (χ2v) is 14.8. The van der Waals surface area contributed by atoms with Crippen molar-refractivity contribution in [3.8, 4) is 5.75 Å². The molecule has 1 fully saturated rings. The number of sulfonamides is 1. The number of rotatable bonds is 1. The summed E-state index contributed by atoms with van der Waals surface area (Å²) < 4.78 is 41.8. The van der Waals surface area contributed by atoms with E-state index in [1.54, 1.807) is 19.2 Å². The fourth-order valence-corrected chi connectivity index (χ4v) is 8.74. The number of ether oxygens (including phenoxy) is 2. The van der Waals surface area contributed by atoms with Gasteiger partial charge in [0.25, 0.3) is 15.9 Å². The second kappa shape index (κ2) is 12.0. The van der Waals surface area contributed by atoms with Gasteiger partial charge in [-0.2, -0.15) is 0 Å². The molecular weight excluding hydrogens is 602 g/mol. The summed E-state index contributed by atoms with van der Waals surface area (Å²) in [6.45, 7) is 4.88. The highest BCUT2D eigenvalue weighted by molar-refractivity contribution is 7.90. The predicted octanol–water partition coefficient (Wildman–Crippen LogP) is 4.47. The van der Waals surface area contributed by atoms with E-state index in [0.717, 1.165) is 37.1 Å². The number of hydrogen-bond donors (Lipinski definition) is 1. The number of aryl methyl sites for hydroxylation is 1. The maximum Gasteiger partial charge on any atom is 0.264 e. The molecule has 0 saturated heterocycles. The molecule has 1 N–H and O–H groups in total. The number of halogens is 1. The molecular formula is C33H40ClN3O6S. The molecule has 2 aliphatic heterocycles. The average molecular weight is 642 g/mol. The molecule has 2 aromatic carbocycles. The Morgan fingerprint density at radius 3 is 2.73 bits per heavy atom. The highest BCUT2D eigenvalue weighted by atomic mass is 35.5. The quantitative estimate of drug-likeness (QED) is 0.458. The lowest BCUT2D eigenvalue weighted by Gasteiger charge is -2.46. The smallest absolute Gasteiger partial charge is 0.264 e. The number of hydrogen-bond acceptors (Lipinski definition) is 7. The molecule has 9 nitrogen and oxygen atoms in total. The van der Waals surface area contributed by atoms with Gasteiger partial charge in [-0.15, -0.1) is 0 Å². The number of fused-ring (bicyclic) bond motifs is 4. The zero-order chi connectivity index (χ0) is 31.2. The topological polar surface area (TPSA) is 105 Å². The van der Waals surface area contributed by atoms with Crippen molar-refractivity contribution in [3.05, 3.63) is 64.7 Å². The van der Waals surface area contributed by atoms with Gasteiger partial charge in [-0.1, -0.05) is 29.8 Å². The molecule has 0 radical (unpaired) electrons. The van der Waals surface area contributed by atoms with Crippen LogP contribution in [0.2, 0.25) is 5.02 Å². The van der Waals surface area contributed by atoms with Gasteiger partial charge in [-0.3, -0.25) is 9.59 Å². The average Bonchev–Trinajstić information content (AvgIpc) is 3.12. The summed E-state index contributed by atoms with van der Waals surface area (Å²) in [6.07, 6.45) is 8.59. The Labute approximate surface area is 264 Å². The van der Waals surface area contributed by atoms with Crippen molar-refractivity contribution in [2.45, 2.75) is 68.4 Å². The Morgan fingerprint density at radius 2 is 2.00 bits per heavy atom. The minimum atomic E-state index is -4.24. The zero-order valence-electron chi connectivity index (χ0n) is 25.4. The van der Waals surface area contributed by atoms with E-state index in [-0.39, 0.29) is 34.8 Å². The van der Waals surface area contributed by atoms with Crippen molar-refractivity contribution < 1.29 is 27.5 Å². The fourth-order valence-electron chi connectivity index (χ4n) is 7.48. The normalized spacial score (nSPS) is 29.9. The second-order valence-electron chi connectivity index (χ2n) is 12.7. The third-order valence-electron chi connectivity index (χ3n) is 10.1. The summed E-state index contributed by atoms with van der Waals surface area (Å²) in [6, 6.07) is 9.92. The summed E-state index contributed by atoms with van der Waals surface area (Å²) >= 11 is 6.40. The number of benzene rings is 2. The molecule has 4 aliphatic rings. The lowest BCUT2D eigenvalue weighted by Crippen LogP contribution is -2.50. The first-order valence-electron chi connectivity index (χ1n) is 15.4.